The summed E-state index contributed by atoms with van der Waals surface area (Å²) in [6, 6.07) is 7.57. The van der Waals surface area contributed by atoms with Crippen molar-refractivity contribution in [1.29, 1.82) is 0 Å². The first-order chi connectivity index (χ1) is 9.40. The molecule has 1 saturated carbocycles. The molecule has 0 amide bonds. The van der Waals surface area contributed by atoms with Gasteiger partial charge in [0.15, 0.2) is 0 Å². The minimum Gasteiger partial charge on any atom is -0.296 e. The molecule has 0 bridgehead atoms. The molecule has 4 rings (SSSR count). The van der Waals surface area contributed by atoms with Gasteiger partial charge in [0.25, 0.3) is 0 Å². The number of nitrogens with one attached hydrogen (secondary N) is 1. The summed E-state index contributed by atoms with van der Waals surface area (Å²) in [4.78, 5) is 2.65. The highest BCUT2D eigenvalue weighted by Crippen LogP contribution is 2.31. The van der Waals surface area contributed by atoms with Crippen molar-refractivity contribution in [2.75, 3.05) is 6.54 Å². The molecule has 98 valence electrons. The Labute approximate surface area is 112 Å². The van der Waals surface area contributed by atoms with Crippen molar-refractivity contribution in [3.05, 3.63) is 35.5 Å². The molecule has 0 atom stereocenters. The van der Waals surface area contributed by atoms with Gasteiger partial charge in [0.2, 0.25) is 0 Å². The van der Waals surface area contributed by atoms with Gasteiger partial charge in [0.1, 0.15) is 5.69 Å². The number of benzene rings is 1. The van der Waals surface area contributed by atoms with Crippen molar-refractivity contribution in [3.63, 3.8) is 0 Å². The summed E-state index contributed by atoms with van der Waals surface area (Å²) in [7, 11) is 0. The van der Waals surface area contributed by atoms with Crippen LogP contribution in [0.3, 0.4) is 0 Å². The van der Waals surface area contributed by atoms with Crippen LogP contribution < -0.4 is 0 Å². The van der Waals surface area contributed by atoms with Gasteiger partial charge in [-0.05, 0) is 36.5 Å². The highest BCUT2D eigenvalue weighted by Gasteiger charge is 2.27. The summed E-state index contributed by atoms with van der Waals surface area (Å²) in [5, 5.41) is 10.7. The van der Waals surface area contributed by atoms with E-state index in [0.29, 0.717) is 0 Å². The molecular formula is C15H18N4. The van der Waals surface area contributed by atoms with Gasteiger partial charge in [-0.25, -0.2) is 0 Å². The number of nitrogens with zero attached hydrogens (tertiary/aromatic N) is 3. The Balaban J connectivity index is 1.60. The Bertz CT molecular complexity index is 572. The van der Waals surface area contributed by atoms with Crippen LogP contribution in [0.2, 0.25) is 0 Å². The van der Waals surface area contributed by atoms with E-state index in [1.165, 1.54) is 42.5 Å². The number of fused-ring (bicyclic) bond motifs is 1. The SMILES string of the molecule is c1cc2c(cc1-c1cn[nH]n1)CCN(C1CCC1)C2. The number of H-pyrrole nitrogens is 1. The third-order valence-electron chi connectivity index (χ3n) is 4.55. The van der Waals surface area contributed by atoms with Gasteiger partial charge in [-0.1, -0.05) is 18.6 Å². The van der Waals surface area contributed by atoms with Gasteiger partial charge in [0, 0.05) is 24.7 Å². The Morgan fingerprint density at radius 3 is 2.89 bits per heavy atom. The number of hydrogen-bond acceptors (Lipinski definition) is 3. The lowest BCUT2D eigenvalue weighted by Crippen LogP contribution is -2.42. The van der Waals surface area contributed by atoms with Crippen LogP contribution in [0.5, 0.6) is 0 Å². The van der Waals surface area contributed by atoms with Crippen LogP contribution in [-0.4, -0.2) is 32.9 Å². The second-order valence-corrected chi connectivity index (χ2v) is 5.64. The normalized spacial score (nSPS) is 20.0. The quantitative estimate of drug-likeness (QED) is 0.895. The molecule has 2 heterocycles. The first kappa shape index (κ1) is 11.2. The summed E-state index contributed by atoms with van der Waals surface area (Å²) < 4.78 is 0. The van der Waals surface area contributed by atoms with Crippen LogP contribution in [0.1, 0.15) is 30.4 Å². The van der Waals surface area contributed by atoms with E-state index in [-0.39, 0.29) is 0 Å². The lowest BCUT2D eigenvalue weighted by Gasteiger charge is -2.40. The van der Waals surface area contributed by atoms with Gasteiger partial charge >= 0.3 is 0 Å². The van der Waals surface area contributed by atoms with Crippen molar-refractivity contribution in [3.8, 4) is 11.3 Å². The minimum absolute atomic E-state index is 0.850. The Kier molecular flexibility index (Phi) is 2.62. The zero-order valence-corrected chi connectivity index (χ0v) is 11.0. The van der Waals surface area contributed by atoms with Gasteiger partial charge in [-0.2, -0.15) is 15.4 Å². The maximum Gasteiger partial charge on any atom is 0.112 e. The molecule has 1 aliphatic heterocycles. The predicted octanol–water partition coefficient (Wildman–Crippen LogP) is 2.38. The maximum atomic E-state index is 4.15. The van der Waals surface area contributed by atoms with Crippen LogP contribution in [0, 0.1) is 0 Å². The lowest BCUT2D eigenvalue weighted by molar-refractivity contribution is 0.113. The van der Waals surface area contributed by atoms with E-state index >= 15 is 0 Å². The monoisotopic (exact) mass is 254 g/mol. The van der Waals surface area contributed by atoms with Crippen molar-refractivity contribution < 1.29 is 0 Å². The first-order valence-corrected chi connectivity index (χ1v) is 7.12. The second kappa shape index (κ2) is 4.46. The number of aromatic nitrogens is 3. The Hall–Kier alpha value is -1.68. The molecule has 0 unspecified atom stereocenters. The predicted molar refractivity (Wildman–Crippen MR) is 73.6 cm³/mol. The van der Waals surface area contributed by atoms with E-state index in [1.54, 1.807) is 6.20 Å². The summed E-state index contributed by atoms with van der Waals surface area (Å²) in [5.74, 6) is 0. The summed E-state index contributed by atoms with van der Waals surface area (Å²) in [6.07, 6.45) is 7.15. The van der Waals surface area contributed by atoms with Gasteiger partial charge < -0.3 is 0 Å². The topological polar surface area (TPSA) is 44.8 Å². The maximum absolute atomic E-state index is 4.15. The molecule has 0 spiro atoms. The van der Waals surface area contributed by atoms with Crippen LogP contribution in [0.15, 0.2) is 24.4 Å². The highest BCUT2D eigenvalue weighted by atomic mass is 15.3. The third kappa shape index (κ3) is 1.96. The molecule has 1 fully saturated rings. The number of hydrogen-bond donors (Lipinski definition) is 1. The Morgan fingerprint density at radius 2 is 2.16 bits per heavy atom. The number of rotatable bonds is 2. The lowest BCUT2D eigenvalue weighted by atomic mass is 9.88. The molecule has 0 radical (unpaired) electrons. The smallest absolute Gasteiger partial charge is 0.112 e. The molecule has 4 nitrogen and oxygen atoms in total. The summed E-state index contributed by atoms with van der Waals surface area (Å²) >= 11 is 0. The average Bonchev–Trinajstić information content (AvgIpc) is 2.90. The van der Waals surface area contributed by atoms with E-state index < -0.39 is 0 Å². The Morgan fingerprint density at radius 1 is 1.21 bits per heavy atom. The van der Waals surface area contributed by atoms with E-state index in [2.05, 4.69) is 38.5 Å². The zero-order valence-electron chi connectivity index (χ0n) is 11.0. The van der Waals surface area contributed by atoms with Crippen molar-refractivity contribution in [1.82, 2.24) is 20.3 Å². The van der Waals surface area contributed by atoms with Gasteiger partial charge in [0.05, 0.1) is 6.20 Å². The third-order valence-corrected chi connectivity index (χ3v) is 4.55. The molecule has 2 aromatic rings. The molecule has 1 N–H and O–H groups in total. The fraction of sp³-hybridized carbons (Fsp3) is 0.467. The number of aromatic amines is 1. The van der Waals surface area contributed by atoms with Gasteiger partial charge in [-0.3, -0.25) is 4.90 Å². The molecule has 19 heavy (non-hydrogen) atoms. The van der Waals surface area contributed by atoms with Crippen LogP contribution in [-0.2, 0) is 13.0 Å². The molecule has 4 heteroatoms. The fourth-order valence-electron chi connectivity index (χ4n) is 3.14. The van der Waals surface area contributed by atoms with Crippen LogP contribution in [0.4, 0.5) is 0 Å². The largest absolute Gasteiger partial charge is 0.296 e. The van der Waals surface area contributed by atoms with E-state index in [9.17, 15) is 0 Å². The van der Waals surface area contributed by atoms with E-state index in [4.69, 9.17) is 0 Å². The first-order valence-electron chi connectivity index (χ1n) is 7.12. The van der Waals surface area contributed by atoms with Gasteiger partial charge in [-0.15, -0.1) is 0 Å². The molecule has 1 aromatic carbocycles. The second-order valence-electron chi connectivity index (χ2n) is 5.64. The molecule has 2 aliphatic rings. The standard InChI is InChI=1S/C15H18N4/c1-2-14(3-1)19-7-6-11-8-12(4-5-13(11)10-19)15-9-16-18-17-15/h4-5,8-9,14H,1-3,6-7,10H2,(H,16,17,18). The van der Waals surface area contributed by atoms with E-state index in [0.717, 1.165) is 24.7 Å². The summed E-state index contributed by atoms with van der Waals surface area (Å²) in [5.41, 5.74) is 5.08. The van der Waals surface area contributed by atoms with Crippen molar-refractivity contribution >= 4 is 0 Å². The van der Waals surface area contributed by atoms with Crippen molar-refractivity contribution in [2.24, 2.45) is 0 Å². The average molecular weight is 254 g/mol. The van der Waals surface area contributed by atoms with Crippen LogP contribution in [0.25, 0.3) is 11.3 Å². The molecule has 1 aliphatic carbocycles. The van der Waals surface area contributed by atoms with Crippen LogP contribution >= 0.6 is 0 Å². The fourth-order valence-corrected chi connectivity index (χ4v) is 3.14. The van der Waals surface area contributed by atoms with Crippen molar-refractivity contribution in [2.45, 2.75) is 38.3 Å². The molecular weight excluding hydrogens is 236 g/mol. The highest BCUT2D eigenvalue weighted by molar-refractivity contribution is 5.60. The molecule has 1 aromatic heterocycles. The van der Waals surface area contributed by atoms with E-state index in [1.807, 2.05) is 0 Å². The summed E-state index contributed by atoms with van der Waals surface area (Å²) in [6.45, 7) is 2.33. The minimum atomic E-state index is 0.850. The molecule has 0 saturated heterocycles. The zero-order chi connectivity index (χ0) is 12.7.